The second-order valence-electron chi connectivity index (χ2n) is 4.89. The van der Waals surface area contributed by atoms with Gasteiger partial charge < -0.3 is 16.2 Å². The molecule has 100 valence electrons. The Balaban J connectivity index is 1.94. The first-order valence-corrected chi connectivity index (χ1v) is 6.30. The molecule has 0 aromatic carbocycles. The highest BCUT2D eigenvalue weighted by atomic mass is 16.3. The summed E-state index contributed by atoms with van der Waals surface area (Å²) in [5.74, 6) is -0.256. The van der Waals surface area contributed by atoms with Gasteiger partial charge in [-0.25, -0.2) is 0 Å². The average molecular weight is 252 g/mol. The van der Waals surface area contributed by atoms with E-state index >= 15 is 0 Å². The summed E-state index contributed by atoms with van der Waals surface area (Å²) in [5, 5.41) is 16.6. The number of hydrogen-bond acceptors (Lipinski definition) is 4. The molecule has 1 saturated carbocycles. The smallest absolute Gasteiger partial charge is 0.241 e. The Morgan fingerprint density at radius 3 is 2.94 bits per heavy atom. The van der Waals surface area contributed by atoms with Gasteiger partial charge in [-0.2, -0.15) is 5.10 Å². The summed E-state index contributed by atoms with van der Waals surface area (Å²) in [6.45, 7) is 0. The maximum absolute atomic E-state index is 12.0. The summed E-state index contributed by atoms with van der Waals surface area (Å²) in [6.07, 6.45) is 6.46. The van der Waals surface area contributed by atoms with Crippen LogP contribution >= 0.6 is 0 Å². The van der Waals surface area contributed by atoms with Crippen molar-refractivity contribution >= 4 is 5.91 Å². The first-order chi connectivity index (χ1) is 8.58. The van der Waals surface area contributed by atoms with Crippen molar-refractivity contribution in [2.45, 2.75) is 43.9 Å². The third-order valence-electron chi connectivity index (χ3n) is 3.42. The maximum atomic E-state index is 12.0. The lowest BCUT2D eigenvalue weighted by atomic mass is 9.92. The topological polar surface area (TPSA) is 93.2 Å². The summed E-state index contributed by atoms with van der Waals surface area (Å²) in [5.41, 5.74) is 6.55. The largest absolute Gasteiger partial charge is 0.391 e. The lowest BCUT2D eigenvalue weighted by molar-refractivity contribution is -0.124. The fraction of sp³-hybridized carbons (Fsp3) is 0.667. The van der Waals surface area contributed by atoms with E-state index in [4.69, 9.17) is 5.73 Å². The molecule has 4 N–H and O–H groups in total. The number of aryl methyl sites for hydroxylation is 1. The monoisotopic (exact) mass is 252 g/mol. The van der Waals surface area contributed by atoms with E-state index in [2.05, 4.69) is 10.4 Å². The summed E-state index contributed by atoms with van der Waals surface area (Å²) in [4.78, 5) is 12.0. The number of amides is 1. The normalized spacial score (nSPS) is 25.7. The van der Waals surface area contributed by atoms with Crippen LogP contribution in [-0.2, 0) is 11.8 Å². The molecule has 1 aromatic rings. The molecule has 18 heavy (non-hydrogen) atoms. The number of nitrogens with two attached hydrogens (primary N) is 1. The molecule has 1 aromatic heterocycles. The van der Waals surface area contributed by atoms with Crippen LogP contribution in [0.15, 0.2) is 12.4 Å². The maximum Gasteiger partial charge on any atom is 0.241 e. The van der Waals surface area contributed by atoms with E-state index in [-0.39, 0.29) is 11.9 Å². The van der Waals surface area contributed by atoms with Gasteiger partial charge in [0.15, 0.2) is 0 Å². The molecule has 6 heteroatoms. The van der Waals surface area contributed by atoms with Gasteiger partial charge >= 0.3 is 0 Å². The van der Waals surface area contributed by atoms with Gasteiger partial charge in [0, 0.05) is 18.8 Å². The number of hydrogen-bond donors (Lipinski definition) is 3. The Morgan fingerprint density at radius 2 is 2.33 bits per heavy atom. The van der Waals surface area contributed by atoms with E-state index in [0.29, 0.717) is 5.56 Å². The van der Waals surface area contributed by atoms with Crippen LogP contribution < -0.4 is 11.1 Å². The van der Waals surface area contributed by atoms with Crippen molar-refractivity contribution < 1.29 is 9.90 Å². The molecule has 3 atom stereocenters. The molecular weight excluding hydrogens is 232 g/mol. The van der Waals surface area contributed by atoms with Gasteiger partial charge in [0.1, 0.15) is 6.04 Å². The van der Waals surface area contributed by atoms with Gasteiger partial charge in [0.05, 0.1) is 18.3 Å². The van der Waals surface area contributed by atoms with Crippen LogP contribution in [0.5, 0.6) is 0 Å². The van der Waals surface area contributed by atoms with Gasteiger partial charge in [0.25, 0.3) is 0 Å². The van der Waals surface area contributed by atoms with Crippen molar-refractivity contribution in [1.29, 1.82) is 0 Å². The van der Waals surface area contributed by atoms with Gasteiger partial charge in [-0.15, -0.1) is 0 Å². The van der Waals surface area contributed by atoms with Crippen LogP contribution in [0.2, 0.25) is 0 Å². The highest BCUT2D eigenvalue weighted by Gasteiger charge is 2.27. The number of carbonyl (C=O) groups excluding carboxylic acids is 1. The van der Waals surface area contributed by atoms with Crippen LogP contribution in [0.1, 0.15) is 37.3 Å². The highest BCUT2D eigenvalue weighted by molar-refractivity contribution is 5.83. The third kappa shape index (κ3) is 2.88. The zero-order valence-electron chi connectivity index (χ0n) is 10.5. The predicted molar refractivity (Wildman–Crippen MR) is 66.5 cm³/mol. The van der Waals surface area contributed by atoms with Gasteiger partial charge in [-0.1, -0.05) is 12.8 Å². The number of aliphatic hydroxyl groups is 1. The van der Waals surface area contributed by atoms with Gasteiger partial charge in [-0.05, 0) is 12.8 Å². The quantitative estimate of drug-likeness (QED) is 0.697. The summed E-state index contributed by atoms with van der Waals surface area (Å²) in [6, 6.07) is -0.901. The standard InChI is InChI=1S/C12H20N4O2/c1-16-7-8(6-14-16)11(13)12(18)15-9-4-2-3-5-10(9)17/h6-7,9-11,17H,2-5,13H2,1H3,(H,15,18)/t9-,10-,11?/m1/s1. The molecule has 6 nitrogen and oxygen atoms in total. The summed E-state index contributed by atoms with van der Waals surface area (Å²) in [7, 11) is 1.78. The molecule has 1 unspecified atom stereocenters. The number of nitrogens with zero attached hydrogens (tertiary/aromatic N) is 2. The van der Waals surface area contributed by atoms with E-state index in [0.717, 1.165) is 25.7 Å². The fourth-order valence-corrected chi connectivity index (χ4v) is 2.30. The lowest BCUT2D eigenvalue weighted by Gasteiger charge is -2.29. The number of rotatable bonds is 3. The Bertz CT molecular complexity index is 418. The van der Waals surface area contributed by atoms with Crippen molar-refractivity contribution in [3.05, 3.63) is 18.0 Å². The van der Waals surface area contributed by atoms with E-state index in [1.807, 2.05) is 0 Å². The molecule has 0 bridgehead atoms. The number of aliphatic hydroxyl groups excluding tert-OH is 1. The van der Waals surface area contributed by atoms with Crippen LogP contribution in [0.4, 0.5) is 0 Å². The molecule has 0 saturated heterocycles. The Labute approximate surface area is 106 Å². The van der Waals surface area contributed by atoms with Crippen molar-refractivity contribution in [1.82, 2.24) is 15.1 Å². The Morgan fingerprint density at radius 1 is 1.61 bits per heavy atom. The molecule has 0 spiro atoms. The highest BCUT2D eigenvalue weighted by Crippen LogP contribution is 2.19. The zero-order valence-corrected chi connectivity index (χ0v) is 10.5. The first-order valence-electron chi connectivity index (χ1n) is 6.30. The van der Waals surface area contributed by atoms with Crippen LogP contribution in [0, 0.1) is 0 Å². The van der Waals surface area contributed by atoms with Crippen molar-refractivity contribution in [2.24, 2.45) is 12.8 Å². The van der Waals surface area contributed by atoms with Gasteiger partial charge in [0.2, 0.25) is 5.91 Å². The fourth-order valence-electron chi connectivity index (χ4n) is 2.30. The van der Waals surface area contributed by atoms with Crippen molar-refractivity contribution in [3.8, 4) is 0 Å². The molecule has 0 aliphatic heterocycles. The summed E-state index contributed by atoms with van der Waals surface area (Å²) >= 11 is 0. The Kier molecular flexibility index (Phi) is 3.98. The summed E-state index contributed by atoms with van der Waals surface area (Å²) < 4.78 is 1.61. The first kappa shape index (κ1) is 13.0. The lowest BCUT2D eigenvalue weighted by Crippen LogP contribution is -2.48. The van der Waals surface area contributed by atoms with E-state index in [9.17, 15) is 9.90 Å². The van der Waals surface area contributed by atoms with Crippen LogP contribution in [0.25, 0.3) is 0 Å². The minimum absolute atomic E-state index is 0.172. The molecule has 1 fully saturated rings. The average Bonchev–Trinajstić information content (AvgIpc) is 2.78. The molecule has 1 heterocycles. The molecule has 2 rings (SSSR count). The van der Waals surface area contributed by atoms with Gasteiger partial charge in [-0.3, -0.25) is 9.48 Å². The van der Waals surface area contributed by atoms with Crippen LogP contribution in [0.3, 0.4) is 0 Å². The van der Waals surface area contributed by atoms with E-state index < -0.39 is 12.1 Å². The van der Waals surface area contributed by atoms with E-state index in [1.165, 1.54) is 0 Å². The second kappa shape index (κ2) is 5.49. The van der Waals surface area contributed by atoms with E-state index in [1.54, 1.807) is 24.1 Å². The minimum Gasteiger partial charge on any atom is -0.391 e. The number of nitrogens with one attached hydrogen (secondary N) is 1. The molecule has 1 aliphatic rings. The number of aromatic nitrogens is 2. The molecular formula is C12H20N4O2. The zero-order chi connectivity index (χ0) is 13.1. The predicted octanol–water partition coefficient (Wildman–Crippen LogP) is -0.160. The third-order valence-corrected chi connectivity index (χ3v) is 3.42. The molecule has 1 amide bonds. The van der Waals surface area contributed by atoms with Crippen molar-refractivity contribution in [2.75, 3.05) is 0 Å². The second-order valence-corrected chi connectivity index (χ2v) is 4.89. The SMILES string of the molecule is Cn1cc(C(N)C(=O)N[C@@H]2CCCC[C@H]2O)cn1. The van der Waals surface area contributed by atoms with Crippen molar-refractivity contribution in [3.63, 3.8) is 0 Å². The minimum atomic E-state index is -0.729. The number of carbonyl (C=O) groups is 1. The molecule has 0 radical (unpaired) electrons. The van der Waals surface area contributed by atoms with Crippen LogP contribution in [-0.4, -0.2) is 32.9 Å². The molecule has 1 aliphatic carbocycles. The Hall–Kier alpha value is -1.40.